The molecule has 0 radical (unpaired) electrons. The van der Waals surface area contributed by atoms with Crippen LogP contribution in [0.3, 0.4) is 0 Å². The Morgan fingerprint density at radius 3 is 2.77 bits per heavy atom. The predicted molar refractivity (Wildman–Crippen MR) is 110 cm³/mol. The highest BCUT2D eigenvalue weighted by Crippen LogP contribution is 2.47. The van der Waals surface area contributed by atoms with E-state index in [-0.39, 0.29) is 11.7 Å². The van der Waals surface area contributed by atoms with Gasteiger partial charge in [-0.2, -0.15) is 0 Å². The van der Waals surface area contributed by atoms with Gasteiger partial charge in [0.25, 0.3) is 0 Å². The molecule has 3 aromatic rings. The lowest BCUT2D eigenvalue weighted by Crippen LogP contribution is -2.29. The third-order valence-electron chi connectivity index (χ3n) is 5.12. The zero-order chi connectivity index (χ0) is 17.7. The van der Waals surface area contributed by atoms with Crippen LogP contribution >= 0.6 is 23.4 Å². The largest absolute Gasteiger partial charge is 0.358 e. The SMILES string of the molecule is O=C1CSCC2=C1C(c1cccc(Cl)c1)c1c(ccc3ccccc13)N2. The first-order valence-electron chi connectivity index (χ1n) is 8.60. The molecule has 0 spiro atoms. The highest BCUT2D eigenvalue weighted by molar-refractivity contribution is 8.00. The van der Waals surface area contributed by atoms with Crippen molar-refractivity contribution in [1.29, 1.82) is 0 Å². The monoisotopic (exact) mass is 377 g/mol. The van der Waals surface area contributed by atoms with Crippen molar-refractivity contribution in [1.82, 2.24) is 0 Å². The topological polar surface area (TPSA) is 29.1 Å². The molecule has 26 heavy (non-hydrogen) atoms. The van der Waals surface area contributed by atoms with Gasteiger partial charge >= 0.3 is 0 Å². The molecule has 1 N–H and O–H groups in total. The lowest BCUT2D eigenvalue weighted by molar-refractivity contribution is -0.113. The molecule has 3 aromatic carbocycles. The van der Waals surface area contributed by atoms with Gasteiger partial charge in [0.05, 0.1) is 5.75 Å². The number of ketones is 1. The van der Waals surface area contributed by atoms with E-state index in [1.54, 1.807) is 11.8 Å². The van der Waals surface area contributed by atoms with Crippen molar-refractivity contribution in [3.05, 3.63) is 88.1 Å². The molecule has 0 aromatic heterocycles. The molecule has 0 saturated heterocycles. The standard InChI is InChI=1S/C22H16ClNOS/c23-15-6-3-5-14(10-15)20-21-16-7-2-1-4-13(16)8-9-17(21)24-18-11-26-12-19(25)22(18)20/h1-10,20,24H,11-12H2. The molecule has 5 rings (SSSR count). The number of anilines is 1. The van der Waals surface area contributed by atoms with Crippen molar-refractivity contribution in [2.45, 2.75) is 5.92 Å². The van der Waals surface area contributed by atoms with E-state index in [0.29, 0.717) is 10.8 Å². The van der Waals surface area contributed by atoms with Gasteiger partial charge in [0.2, 0.25) is 0 Å². The third-order valence-corrected chi connectivity index (χ3v) is 6.31. The Morgan fingerprint density at radius 1 is 1.00 bits per heavy atom. The van der Waals surface area contributed by atoms with Gasteiger partial charge in [-0.3, -0.25) is 4.79 Å². The third kappa shape index (κ3) is 2.46. The van der Waals surface area contributed by atoms with Crippen molar-refractivity contribution in [3.8, 4) is 0 Å². The number of allylic oxidation sites excluding steroid dienone is 1. The van der Waals surface area contributed by atoms with Crippen molar-refractivity contribution < 1.29 is 4.79 Å². The molecular formula is C22H16ClNOS. The number of rotatable bonds is 1. The average Bonchev–Trinajstić information content (AvgIpc) is 2.66. The van der Waals surface area contributed by atoms with E-state index in [1.807, 2.05) is 24.3 Å². The minimum atomic E-state index is -0.0838. The molecule has 0 fully saturated rings. The van der Waals surface area contributed by atoms with Gasteiger partial charge in [-0.25, -0.2) is 0 Å². The Bertz CT molecular complexity index is 1090. The summed E-state index contributed by atoms with van der Waals surface area (Å²) in [6.45, 7) is 0. The van der Waals surface area contributed by atoms with E-state index in [1.165, 1.54) is 16.3 Å². The summed E-state index contributed by atoms with van der Waals surface area (Å²) in [5, 5.41) is 6.60. The molecule has 0 amide bonds. The molecule has 2 aliphatic heterocycles. The van der Waals surface area contributed by atoms with Crippen LogP contribution in [-0.2, 0) is 4.79 Å². The van der Waals surface area contributed by atoms with Gasteiger partial charge in [-0.15, -0.1) is 11.8 Å². The maximum Gasteiger partial charge on any atom is 0.171 e. The molecular weight excluding hydrogens is 362 g/mol. The van der Waals surface area contributed by atoms with Gasteiger partial charge in [0.15, 0.2) is 5.78 Å². The van der Waals surface area contributed by atoms with Gasteiger partial charge in [-0.1, -0.05) is 54.1 Å². The van der Waals surface area contributed by atoms with Crippen LogP contribution in [0.2, 0.25) is 5.02 Å². The number of carbonyl (C=O) groups excluding carboxylic acids is 1. The summed E-state index contributed by atoms with van der Waals surface area (Å²) in [6, 6.07) is 20.5. The van der Waals surface area contributed by atoms with E-state index < -0.39 is 0 Å². The molecule has 2 nitrogen and oxygen atoms in total. The average molecular weight is 378 g/mol. The minimum Gasteiger partial charge on any atom is -0.358 e. The second kappa shape index (κ2) is 6.19. The number of halogens is 1. The highest BCUT2D eigenvalue weighted by atomic mass is 35.5. The number of benzene rings is 3. The first-order valence-corrected chi connectivity index (χ1v) is 10.1. The summed E-state index contributed by atoms with van der Waals surface area (Å²) in [7, 11) is 0. The summed E-state index contributed by atoms with van der Waals surface area (Å²) >= 11 is 7.97. The van der Waals surface area contributed by atoms with Crippen LogP contribution in [-0.4, -0.2) is 17.3 Å². The fraction of sp³-hybridized carbons (Fsp3) is 0.136. The maximum absolute atomic E-state index is 12.9. The second-order valence-electron chi connectivity index (χ2n) is 6.67. The highest BCUT2D eigenvalue weighted by Gasteiger charge is 2.36. The van der Waals surface area contributed by atoms with Gasteiger partial charge < -0.3 is 5.32 Å². The lowest BCUT2D eigenvalue weighted by atomic mass is 9.77. The van der Waals surface area contributed by atoms with Crippen molar-refractivity contribution in [2.75, 3.05) is 16.8 Å². The molecule has 1 atom stereocenters. The van der Waals surface area contributed by atoms with Crippen molar-refractivity contribution >= 4 is 45.6 Å². The van der Waals surface area contributed by atoms with Crippen LogP contribution in [0.25, 0.3) is 10.8 Å². The van der Waals surface area contributed by atoms with E-state index in [2.05, 4.69) is 41.7 Å². The smallest absolute Gasteiger partial charge is 0.171 e. The lowest BCUT2D eigenvalue weighted by Gasteiger charge is -2.34. The summed E-state index contributed by atoms with van der Waals surface area (Å²) < 4.78 is 0. The molecule has 0 aliphatic carbocycles. The number of hydrogen-bond donors (Lipinski definition) is 1. The zero-order valence-corrected chi connectivity index (χ0v) is 15.5. The fourth-order valence-electron chi connectivity index (χ4n) is 4.05. The Kier molecular flexibility index (Phi) is 3.80. The summed E-state index contributed by atoms with van der Waals surface area (Å²) in [5.41, 5.74) is 5.27. The van der Waals surface area contributed by atoms with Gasteiger partial charge in [-0.05, 0) is 40.1 Å². The van der Waals surface area contributed by atoms with Crippen LogP contribution in [0.4, 0.5) is 5.69 Å². The number of thioether (sulfide) groups is 1. The van der Waals surface area contributed by atoms with E-state index in [9.17, 15) is 4.79 Å². The Balaban J connectivity index is 1.85. The number of carbonyl (C=O) groups is 1. The molecule has 4 heteroatoms. The molecule has 1 unspecified atom stereocenters. The van der Waals surface area contributed by atoms with Crippen LogP contribution in [0.5, 0.6) is 0 Å². The van der Waals surface area contributed by atoms with Gasteiger partial charge in [0, 0.05) is 33.7 Å². The number of fused-ring (bicyclic) bond motifs is 3. The minimum absolute atomic E-state index is 0.0838. The first kappa shape index (κ1) is 16.0. The predicted octanol–water partition coefficient (Wildman–Crippen LogP) is 5.62. The van der Waals surface area contributed by atoms with E-state index >= 15 is 0 Å². The van der Waals surface area contributed by atoms with Crippen molar-refractivity contribution in [3.63, 3.8) is 0 Å². The van der Waals surface area contributed by atoms with Crippen LogP contribution < -0.4 is 5.32 Å². The van der Waals surface area contributed by atoms with Crippen molar-refractivity contribution in [2.24, 2.45) is 0 Å². The zero-order valence-electron chi connectivity index (χ0n) is 14.0. The summed E-state index contributed by atoms with van der Waals surface area (Å²) in [5.74, 6) is 1.51. The number of nitrogens with one attached hydrogen (secondary N) is 1. The molecule has 2 heterocycles. The molecule has 128 valence electrons. The molecule has 0 bridgehead atoms. The normalized spacial score (nSPS) is 19.1. The quantitative estimate of drug-likeness (QED) is 0.596. The Hall–Kier alpha value is -2.23. The van der Waals surface area contributed by atoms with E-state index in [4.69, 9.17) is 11.6 Å². The Labute approximate surface area is 161 Å². The molecule has 0 saturated carbocycles. The van der Waals surface area contributed by atoms with Gasteiger partial charge in [0.1, 0.15) is 0 Å². The first-order chi connectivity index (χ1) is 12.7. The van der Waals surface area contributed by atoms with E-state index in [0.717, 1.165) is 28.3 Å². The molecule has 2 aliphatic rings. The van der Waals surface area contributed by atoms with Crippen LogP contribution in [0.15, 0.2) is 71.9 Å². The van der Waals surface area contributed by atoms with Crippen LogP contribution in [0.1, 0.15) is 17.0 Å². The maximum atomic E-state index is 12.9. The Morgan fingerprint density at radius 2 is 1.88 bits per heavy atom. The summed E-state index contributed by atoms with van der Waals surface area (Å²) in [4.78, 5) is 12.9. The fourth-order valence-corrected chi connectivity index (χ4v) is 5.12. The number of Topliss-reactive ketones (excluding diaryl/α,β-unsaturated/α-hetero) is 1. The van der Waals surface area contributed by atoms with Crippen LogP contribution in [0, 0.1) is 0 Å². The number of hydrogen-bond acceptors (Lipinski definition) is 3. The second-order valence-corrected chi connectivity index (χ2v) is 8.09. The summed E-state index contributed by atoms with van der Waals surface area (Å²) in [6.07, 6.45) is 0.